The summed E-state index contributed by atoms with van der Waals surface area (Å²) in [6, 6.07) is 0.295. The number of carbonyl (C=O) groups excluding carboxylic acids is 1. The van der Waals surface area contributed by atoms with E-state index in [0.29, 0.717) is 11.3 Å². The minimum absolute atomic E-state index is 0.0397. The van der Waals surface area contributed by atoms with Crippen molar-refractivity contribution in [3.63, 3.8) is 0 Å². The Morgan fingerprint density at radius 1 is 1.31 bits per heavy atom. The molecule has 16 heavy (non-hydrogen) atoms. The van der Waals surface area contributed by atoms with Gasteiger partial charge < -0.3 is 10.4 Å². The van der Waals surface area contributed by atoms with Gasteiger partial charge in [0.2, 0.25) is 5.91 Å². The van der Waals surface area contributed by atoms with Crippen LogP contribution in [0.25, 0.3) is 0 Å². The highest BCUT2D eigenvalue weighted by atomic mass is 32.2. The van der Waals surface area contributed by atoms with E-state index in [9.17, 15) is 4.79 Å². The van der Waals surface area contributed by atoms with E-state index >= 15 is 0 Å². The number of hydrogen-bond donors (Lipinski definition) is 2. The normalized spacial score (nSPS) is 14.9. The van der Waals surface area contributed by atoms with Crippen LogP contribution in [0.15, 0.2) is 0 Å². The lowest BCUT2D eigenvalue weighted by Crippen LogP contribution is -2.39. The van der Waals surface area contributed by atoms with Gasteiger partial charge in [0.15, 0.2) is 0 Å². The zero-order valence-electron chi connectivity index (χ0n) is 10.8. The third kappa shape index (κ3) is 6.38. The smallest absolute Gasteiger partial charge is 0.233 e. The standard InChI is InChI=1S/C12H25NO2S/c1-5-11(6-2)13-12(15)10(4)16-9(3)7-8-14/h9-11,14H,5-8H2,1-4H3,(H,13,15). The predicted molar refractivity (Wildman–Crippen MR) is 70.7 cm³/mol. The molecule has 2 atom stereocenters. The van der Waals surface area contributed by atoms with Crippen LogP contribution in [0, 0.1) is 0 Å². The Hall–Kier alpha value is -0.220. The van der Waals surface area contributed by atoms with Crippen molar-refractivity contribution < 1.29 is 9.90 Å². The molecule has 0 aromatic rings. The van der Waals surface area contributed by atoms with E-state index in [1.807, 2.05) is 13.8 Å². The first kappa shape index (κ1) is 15.8. The third-order valence-corrected chi connectivity index (χ3v) is 4.00. The highest BCUT2D eigenvalue weighted by molar-refractivity contribution is 8.01. The molecule has 2 unspecified atom stereocenters. The van der Waals surface area contributed by atoms with E-state index in [1.165, 1.54) is 0 Å². The monoisotopic (exact) mass is 247 g/mol. The highest BCUT2D eigenvalue weighted by Crippen LogP contribution is 2.20. The summed E-state index contributed by atoms with van der Waals surface area (Å²) in [6.45, 7) is 8.33. The van der Waals surface area contributed by atoms with Crippen LogP contribution in [0.5, 0.6) is 0 Å². The maximum absolute atomic E-state index is 11.8. The van der Waals surface area contributed by atoms with Gasteiger partial charge in [0.1, 0.15) is 0 Å². The summed E-state index contributed by atoms with van der Waals surface area (Å²) in [6.07, 6.45) is 2.70. The average Bonchev–Trinajstić information content (AvgIpc) is 2.25. The van der Waals surface area contributed by atoms with Crippen LogP contribution >= 0.6 is 11.8 Å². The summed E-state index contributed by atoms with van der Waals surface area (Å²) in [5.41, 5.74) is 0. The Morgan fingerprint density at radius 3 is 2.31 bits per heavy atom. The molecule has 0 saturated carbocycles. The fraction of sp³-hybridized carbons (Fsp3) is 0.917. The zero-order valence-corrected chi connectivity index (χ0v) is 11.6. The molecule has 0 heterocycles. The topological polar surface area (TPSA) is 49.3 Å². The van der Waals surface area contributed by atoms with Crippen molar-refractivity contribution in [2.24, 2.45) is 0 Å². The summed E-state index contributed by atoms with van der Waals surface area (Å²) >= 11 is 1.62. The molecule has 0 aliphatic rings. The summed E-state index contributed by atoms with van der Waals surface area (Å²) < 4.78 is 0. The number of aliphatic hydroxyl groups excluding tert-OH is 1. The van der Waals surface area contributed by atoms with Gasteiger partial charge >= 0.3 is 0 Å². The van der Waals surface area contributed by atoms with Gasteiger partial charge in [-0.25, -0.2) is 0 Å². The molecule has 0 aliphatic heterocycles. The van der Waals surface area contributed by atoms with E-state index in [0.717, 1.165) is 19.3 Å². The molecule has 0 aromatic heterocycles. The van der Waals surface area contributed by atoms with Gasteiger partial charge in [-0.2, -0.15) is 0 Å². The molecule has 3 nitrogen and oxygen atoms in total. The Labute approximate surface area is 103 Å². The number of nitrogens with one attached hydrogen (secondary N) is 1. The van der Waals surface area contributed by atoms with E-state index < -0.39 is 0 Å². The van der Waals surface area contributed by atoms with Crippen LogP contribution < -0.4 is 5.32 Å². The first-order valence-corrected chi connectivity index (χ1v) is 7.06. The van der Waals surface area contributed by atoms with E-state index in [4.69, 9.17) is 5.11 Å². The molecule has 0 bridgehead atoms. The van der Waals surface area contributed by atoms with E-state index in [2.05, 4.69) is 19.2 Å². The average molecular weight is 247 g/mol. The lowest BCUT2D eigenvalue weighted by atomic mass is 10.2. The molecule has 2 N–H and O–H groups in total. The molecule has 0 aromatic carbocycles. The van der Waals surface area contributed by atoms with Gasteiger partial charge in [0.25, 0.3) is 0 Å². The number of rotatable bonds is 8. The maximum Gasteiger partial charge on any atom is 0.233 e. The molecule has 0 fully saturated rings. The molecule has 0 spiro atoms. The quantitative estimate of drug-likeness (QED) is 0.691. The number of carbonyl (C=O) groups is 1. The second-order valence-electron chi connectivity index (χ2n) is 4.12. The van der Waals surface area contributed by atoms with Crippen LogP contribution in [-0.4, -0.2) is 34.2 Å². The Balaban J connectivity index is 3.97. The summed E-state index contributed by atoms with van der Waals surface area (Å²) in [7, 11) is 0. The number of hydrogen-bond acceptors (Lipinski definition) is 3. The van der Waals surface area contributed by atoms with Crippen molar-refractivity contribution in [2.75, 3.05) is 6.61 Å². The highest BCUT2D eigenvalue weighted by Gasteiger charge is 2.18. The number of amides is 1. The molecule has 96 valence electrons. The zero-order chi connectivity index (χ0) is 12.6. The molecular formula is C12H25NO2S. The second kappa shape index (κ2) is 8.88. The third-order valence-electron chi connectivity index (χ3n) is 2.67. The molecule has 0 saturated heterocycles. The van der Waals surface area contributed by atoms with E-state index in [1.54, 1.807) is 11.8 Å². The Bertz CT molecular complexity index is 195. The minimum Gasteiger partial charge on any atom is -0.396 e. The Kier molecular flexibility index (Phi) is 8.76. The van der Waals surface area contributed by atoms with Crippen molar-refractivity contribution in [1.82, 2.24) is 5.32 Å². The SMILES string of the molecule is CCC(CC)NC(=O)C(C)SC(C)CCO. The van der Waals surface area contributed by atoms with Crippen LogP contribution in [0.3, 0.4) is 0 Å². The largest absolute Gasteiger partial charge is 0.396 e. The molecular weight excluding hydrogens is 222 g/mol. The summed E-state index contributed by atoms with van der Waals surface area (Å²) in [5, 5.41) is 12.1. The molecule has 0 rings (SSSR count). The molecule has 1 amide bonds. The van der Waals surface area contributed by atoms with Crippen molar-refractivity contribution in [3.05, 3.63) is 0 Å². The first-order chi connectivity index (χ1) is 7.54. The van der Waals surface area contributed by atoms with Crippen LogP contribution in [0.2, 0.25) is 0 Å². The van der Waals surface area contributed by atoms with Crippen molar-refractivity contribution >= 4 is 17.7 Å². The molecule has 0 radical (unpaired) electrons. The van der Waals surface area contributed by atoms with Crippen LogP contribution in [-0.2, 0) is 4.79 Å². The van der Waals surface area contributed by atoms with Gasteiger partial charge in [0.05, 0.1) is 5.25 Å². The number of thioether (sulfide) groups is 1. The van der Waals surface area contributed by atoms with Gasteiger partial charge in [-0.15, -0.1) is 11.8 Å². The van der Waals surface area contributed by atoms with Gasteiger partial charge in [-0.1, -0.05) is 20.8 Å². The van der Waals surface area contributed by atoms with Crippen molar-refractivity contribution in [1.29, 1.82) is 0 Å². The second-order valence-corrected chi connectivity index (χ2v) is 5.91. The lowest BCUT2D eigenvalue weighted by Gasteiger charge is -2.20. The minimum atomic E-state index is -0.0397. The number of aliphatic hydroxyl groups is 1. The fourth-order valence-corrected chi connectivity index (χ4v) is 2.60. The Morgan fingerprint density at radius 2 is 1.88 bits per heavy atom. The van der Waals surface area contributed by atoms with Gasteiger partial charge in [-0.05, 0) is 26.2 Å². The molecule has 4 heteroatoms. The van der Waals surface area contributed by atoms with Gasteiger partial charge in [-0.3, -0.25) is 4.79 Å². The van der Waals surface area contributed by atoms with E-state index in [-0.39, 0.29) is 17.8 Å². The predicted octanol–water partition coefficient (Wildman–Crippen LogP) is 2.18. The van der Waals surface area contributed by atoms with Gasteiger partial charge in [0, 0.05) is 17.9 Å². The van der Waals surface area contributed by atoms with Crippen LogP contribution in [0.4, 0.5) is 0 Å². The van der Waals surface area contributed by atoms with Crippen molar-refractivity contribution in [3.8, 4) is 0 Å². The van der Waals surface area contributed by atoms with Crippen LogP contribution in [0.1, 0.15) is 47.0 Å². The summed E-state index contributed by atoms with van der Waals surface area (Å²) in [4.78, 5) is 11.8. The maximum atomic E-state index is 11.8. The molecule has 0 aliphatic carbocycles. The fourth-order valence-electron chi connectivity index (χ4n) is 1.47. The first-order valence-electron chi connectivity index (χ1n) is 6.11. The van der Waals surface area contributed by atoms with Crippen molar-refractivity contribution in [2.45, 2.75) is 63.5 Å². The summed E-state index contributed by atoms with van der Waals surface area (Å²) in [5.74, 6) is 0.114. The lowest BCUT2D eigenvalue weighted by molar-refractivity contribution is -0.121.